The van der Waals surface area contributed by atoms with Crippen molar-refractivity contribution in [1.82, 2.24) is 4.98 Å². The Labute approximate surface area is 173 Å². The summed E-state index contributed by atoms with van der Waals surface area (Å²) in [6.07, 6.45) is 0. The number of H-pyrrole nitrogens is 1. The van der Waals surface area contributed by atoms with Crippen molar-refractivity contribution < 1.29 is 19.0 Å². The molecule has 0 spiro atoms. The highest BCUT2D eigenvalue weighted by molar-refractivity contribution is 5.95. The molecular formula is C23H22N2O5. The van der Waals surface area contributed by atoms with Crippen LogP contribution in [0.1, 0.15) is 30.9 Å². The van der Waals surface area contributed by atoms with Gasteiger partial charge < -0.3 is 24.9 Å². The van der Waals surface area contributed by atoms with Gasteiger partial charge in [-0.2, -0.15) is 0 Å². The molecule has 1 aliphatic rings. The number of hydrogen-bond donors (Lipinski definition) is 2. The zero-order chi connectivity index (χ0) is 21.3. The lowest BCUT2D eigenvalue weighted by molar-refractivity contribution is -0.139. The summed E-state index contributed by atoms with van der Waals surface area (Å²) in [7, 11) is 0. The van der Waals surface area contributed by atoms with E-state index in [0.717, 1.165) is 0 Å². The Bertz CT molecular complexity index is 1190. The number of nitrogens with two attached hydrogens (primary N) is 1. The second-order valence-corrected chi connectivity index (χ2v) is 6.78. The Hall–Kier alpha value is -3.74. The molecule has 0 saturated carbocycles. The van der Waals surface area contributed by atoms with E-state index in [1.807, 2.05) is 37.3 Å². The van der Waals surface area contributed by atoms with Gasteiger partial charge in [-0.3, -0.25) is 4.79 Å². The van der Waals surface area contributed by atoms with Crippen molar-refractivity contribution in [2.24, 2.45) is 5.73 Å². The molecule has 0 aliphatic carbocycles. The molecular weight excluding hydrogens is 384 g/mol. The first-order chi connectivity index (χ1) is 14.5. The molecule has 7 heteroatoms. The minimum atomic E-state index is -0.739. The van der Waals surface area contributed by atoms with Gasteiger partial charge in [-0.05, 0) is 43.7 Å². The fourth-order valence-electron chi connectivity index (χ4n) is 3.74. The van der Waals surface area contributed by atoms with Crippen LogP contribution in [0.25, 0.3) is 10.9 Å². The Kier molecular flexibility index (Phi) is 5.18. The number of pyridine rings is 1. The van der Waals surface area contributed by atoms with Gasteiger partial charge in [0.05, 0.1) is 30.2 Å². The predicted molar refractivity (Wildman–Crippen MR) is 112 cm³/mol. The fourth-order valence-corrected chi connectivity index (χ4v) is 3.74. The predicted octanol–water partition coefficient (Wildman–Crippen LogP) is 3.18. The topological polar surface area (TPSA) is 104 Å². The van der Waals surface area contributed by atoms with Crippen LogP contribution in [0.3, 0.4) is 0 Å². The highest BCUT2D eigenvalue weighted by Crippen LogP contribution is 2.43. The lowest BCUT2D eigenvalue weighted by Crippen LogP contribution is -2.32. The second-order valence-electron chi connectivity index (χ2n) is 6.78. The highest BCUT2D eigenvalue weighted by atomic mass is 16.5. The number of carbonyl (C=O) groups excluding carboxylic acids is 1. The number of hydrogen-bond acceptors (Lipinski definition) is 6. The van der Waals surface area contributed by atoms with Gasteiger partial charge in [0, 0.05) is 5.39 Å². The summed E-state index contributed by atoms with van der Waals surface area (Å²) in [5.41, 5.74) is 7.59. The first-order valence-corrected chi connectivity index (χ1v) is 9.77. The first kappa shape index (κ1) is 19.6. The molecule has 30 heavy (non-hydrogen) atoms. The van der Waals surface area contributed by atoms with E-state index < -0.39 is 11.9 Å². The van der Waals surface area contributed by atoms with Crippen LogP contribution in [-0.4, -0.2) is 24.2 Å². The molecule has 4 rings (SSSR count). The van der Waals surface area contributed by atoms with Gasteiger partial charge in [0.1, 0.15) is 17.1 Å². The van der Waals surface area contributed by atoms with Gasteiger partial charge >= 0.3 is 5.97 Å². The number of aromatic nitrogens is 1. The van der Waals surface area contributed by atoms with E-state index in [1.54, 1.807) is 25.1 Å². The largest absolute Gasteiger partial charge is 0.494 e. The van der Waals surface area contributed by atoms with Crippen LogP contribution in [0.15, 0.2) is 64.8 Å². The maximum Gasteiger partial charge on any atom is 0.340 e. The molecule has 3 aromatic rings. The minimum Gasteiger partial charge on any atom is -0.494 e. The molecule has 154 valence electrons. The number of ether oxygens (including phenoxy) is 3. The van der Waals surface area contributed by atoms with Crippen LogP contribution < -0.4 is 20.8 Å². The molecule has 1 aromatic heterocycles. The number of esters is 1. The normalized spacial score (nSPS) is 15.5. The van der Waals surface area contributed by atoms with Gasteiger partial charge in [-0.15, -0.1) is 0 Å². The van der Waals surface area contributed by atoms with E-state index in [1.165, 1.54) is 0 Å². The number of para-hydroxylation sites is 1. The summed E-state index contributed by atoms with van der Waals surface area (Å²) >= 11 is 0. The highest BCUT2D eigenvalue weighted by Gasteiger charge is 2.38. The molecule has 2 aromatic carbocycles. The zero-order valence-electron chi connectivity index (χ0n) is 16.7. The van der Waals surface area contributed by atoms with E-state index in [0.29, 0.717) is 40.1 Å². The summed E-state index contributed by atoms with van der Waals surface area (Å²) in [5, 5.41) is 0.703. The van der Waals surface area contributed by atoms with Gasteiger partial charge in [-0.25, -0.2) is 4.79 Å². The Morgan fingerprint density at radius 1 is 1.10 bits per heavy atom. The SMILES string of the molecule is CCOC(=O)C1=C(N)Oc2c(c(=O)[nH]c3ccccc23)[C@@H]1c1ccc(OCC)cc1. The number of carbonyl (C=O) groups is 1. The van der Waals surface area contributed by atoms with Crippen LogP contribution in [0, 0.1) is 0 Å². The molecule has 1 aliphatic heterocycles. The van der Waals surface area contributed by atoms with Crippen molar-refractivity contribution in [2.75, 3.05) is 13.2 Å². The van der Waals surface area contributed by atoms with Gasteiger partial charge in [0.15, 0.2) is 0 Å². The Morgan fingerprint density at radius 2 is 1.83 bits per heavy atom. The van der Waals surface area contributed by atoms with E-state index in [4.69, 9.17) is 19.9 Å². The van der Waals surface area contributed by atoms with Crippen LogP contribution >= 0.6 is 0 Å². The van der Waals surface area contributed by atoms with Crippen molar-refractivity contribution in [3.05, 3.63) is 81.5 Å². The van der Waals surface area contributed by atoms with Gasteiger partial charge in [0.25, 0.3) is 5.56 Å². The quantitative estimate of drug-likeness (QED) is 0.631. The summed E-state index contributed by atoms with van der Waals surface area (Å²) in [5.74, 6) is -0.395. The molecule has 3 N–H and O–H groups in total. The first-order valence-electron chi connectivity index (χ1n) is 9.77. The van der Waals surface area contributed by atoms with Crippen LogP contribution in [-0.2, 0) is 9.53 Å². The van der Waals surface area contributed by atoms with E-state index in [2.05, 4.69) is 4.98 Å². The molecule has 0 saturated heterocycles. The summed E-state index contributed by atoms with van der Waals surface area (Å²) in [6, 6.07) is 14.5. The second kappa shape index (κ2) is 7.94. The molecule has 0 bridgehead atoms. The molecule has 0 amide bonds. The number of aromatic amines is 1. The van der Waals surface area contributed by atoms with Crippen LogP contribution in [0.4, 0.5) is 0 Å². The van der Waals surface area contributed by atoms with E-state index >= 15 is 0 Å². The third-order valence-electron chi connectivity index (χ3n) is 4.98. The Balaban J connectivity index is 1.97. The minimum absolute atomic E-state index is 0.0735. The third-order valence-corrected chi connectivity index (χ3v) is 4.98. The number of fused-ring (bicyclic) bond motifs is 3. The van der Waals surface area contributed by atoms with Crippen LogP contribution in [0.2, 0.25) is 0 Å². The summed E-state index contributed by atoms with van der Waals surface area (Å²) in [4.78, 5) is 28.7. The Morgan fingerprint density at radius 3 is 2.53 bits per heavy atom. The smallest absolute Gasteiger partial charge is 0.340 e. The molecule has 0 radical (unpaired) electrons. The van der Waals surface area contributed by atoms with Gasteiger partial charge in [0.2, 0.25) is 5.88 Å². The van der Waals surface area contributed by atoms with Crippen molar-refractivity contribution in [2.45, 2.75) is 19.8 Å². The number of nitrogens with one attached hydrogen (secondary N) is 1. The van der Waals surface area contributed by atoms with E-state index in [9.17, 15) is 9.59 Å². The van der Waals surface area contributed by atoms with Crippen molar-refractivity contribution in [3.63, 3.8) is 0 Å². The summed E-state index contributed by atoms with van der Waals surface area (Å²) < 4.78 is 16.6. The lowest BCUT2D eigenvalue weighted by atomic mass is 9.83. The molecule has 2 heterocycles. The molecule has 0 unspecified atom stereocenters. The maximum absolute atomic E-state index is 13.1. The molecule has 0 fully saturated rings. The zero-order valence-corrected chi connectivity index (χ0v) is 16.7. The number of benzene rings is 2. The maximum atomic E-state index is 13.1. The van der Waals surface area contributed by atoms with Crippen molar-refractivity contribution in [3.8, 4) is 11.5 Å². The molecule has 1 atom stereocenters. The monoisotopic (exact) mass is 406 g/mol. The van der Waals surface area contributed by atoms with Crippen molar-refractivity contribution in [1.29, 1.82) is 0 Å². The van der Waals surface area contributed by atoms with Crippen LogP contribution in [0.5, 0.6) is 11.5 Å². The van der Waals surface area contributed by atoms with Crippen molar-refractivity contribution >= 4 is 16.9 Å². The average molecular weight is 406 g/mol. The standard InChI is InChI=1S/C23H22N2O5/c1-3-28-14-11-9-13(10-12-14)17-18-20(30-21(24)19(17)23(27)29-4-2)15-7-5-6-8-16(15)25-22(18)26/h5-12,17H,3-4,24H2,1-2H3,(H,25,26)/t17-/m0/s1. The lowest BCUT2D eigenvalue weighted by Gasteiger charge is -2.28. The average Bonchev–Trinajstić information content (AvgIpc) is 2.74. The molecule has 7 nitrogen and oxygen atoms in total. The summed E-state index contributed by atoms with van der Waals surface area (Å²) in [6.45, 7) is 4.31. The van der Waals surface area contributed by atoms with Gasteiger partial charge in [-0.1, -0.05) is 24.3 Å². The fraction of sp³-hybridized carbons (Fsp3) is 0.217. The number of rotatable bonds is 5. The third kappa shape index (κ3) is 3.28. The van der Waals surface area contributed by atoms with E-state index in [-0.39, 0.29) is 23.6 Å².